The number of hydrogen-bond donors (Lipinski definition) is 2. The van der Waals surface area contributed by atoms with Crippen molar-refractivity contribution in [1.82, 2.24) is 4.72 Å². The third-order valence-electron chi connectivity index (χ3n) is 8.87. The minimum atomic E-state index is -3.91. The van der Waals surface area contributed by atoms with E-state index in [0.717, 1.165) is 49.9 Å². The lowest BCUT2D eigenvalue weighted by Gasteiger charge is -2.51. The van der Waals surface area contributed by atoms with Crippen molar-refractivity contribution < 1.29 is 23.1 Å². The number of sulfonamides is 1. The Morgan fingerprint density at radius 1 is 1.15 bits per heavy atom. The average Bonchev–Trinajstić information content (AvgIpc) is 2.92. The van der Waals surface area contributed by atoms with Crippen LogP contribution in [0.3, 0.4) is 0 Å². The van der Waals surface area contributed by atoms with Crippen LogP contribution in [-0.4, -0.2) is 43.9 Å². The van der Waals surface area contributed by atoms with E-state index in [9.17, 15) is 18.3 Å². The van der Waals surface area contributed by atoms with Gasteiger partial charge in [0.1, 0.15) is 12.4 Å². The van der Waals surface area contributed by atoms with Crippen LogP contribution >= 0.6 is 11.6 Å². The zero-order valence-electron chi connectivity index (χ0n) is 22.5. The molecule has 0 spiro atoms. The number of aliphatic hydroxyl groups is 1. The summed E-state index contributed by atoms with van der Waals surface area (Å²) in [5.74, 6) is 0.206. The quantitative estimate of drug-likeness (QED) is 0.419. The first-order valence-corrected chi connectivity index (χ1v) is 15.7. The SMILES string of the molecule is C[C@@H]1C/C=C/[C@@H](O)[C@@]2(C)CC[C@@H]2CN2CCCCc3cc(Cl)ccc3COc3ccc(cc32)C(=O)NS1(=O)=O. The van der Waals surface area contributed by atoms with Gasteiger partial charge in [-0.25, -0.2) is 13.1 Å². The number of nitrogens with zero attached hydrogens (tertiary/aromatic N) is 1. The first kappa shape index (κ1) is 28.0. The monoisotopic (exact) mass is 572 g/mol. The Bertz CT molecular complexity index is 1380. The second-order valence-corrected chi connectivity index (χ2v) is 14.0. The maximum Gasteiger partial charge on any atom is 0.264 e. The second kappa shape index (κ2) is 11.1. The van der Waals surface area contributed by atoms with E-state index in [1.807, 2.05) is 18.2 Å². The number of halogens is 1. The number of carbonyl (C=O) groups is 1. The molecule has 1 amide bonds. The number of benzene rings is 2. The van der Waals surface area contributed by atoms with Crippen molar-refractivity contribution in [3.63, 3.8) is 0 Å². The number of nitrogens with one attached hydrogen (secondary N) is 1. The first-order valence-electron chi connectivity index (χ1n) is 13.8. The van der Waals surface area contributed by atoms with Crippen molar-refractivity contribution in [2.75, 3.05) is 18.0 Å². The highest BCUT2D eigenvalue weighted by Crippen LogP contribution is 2.50. The number of rotatable bonds is 0. The fourth-order valence-electron chi connectivity index (χ4n) is 5.87. The van der Waals surface area contributed by atoms with Gasteiger partial charge in [-0.15, -0.1) is 0 Å². The van der Waals surface area contributed by atoms with Crippen molar-refractivity contribution in [2.45, 2.75) is 70.3 Å². The van der Waals surface area contributed by atoms with E-state index >= 15 is 0 Å². The molecule has 0 unspecified atom stereocenters. The molecule has 0 aromatic heterocycles. The summed E-state index contributed by atoms with van der Waals surface area (Å²) < 4.78 is 34.4. The second-order valence-electron chi connectivity index (χ2n) is 11.4. The predicted molar refractivity (Wildman–Crippen MR) is 154 cm³/mol. The molecule has 2 N–H and O–H groups in total. The Labute approximate surface area is 236 Å². The normalized spacial score (nSPS) is 30.0. The van der Waals surface area contributed by atoms with Crippen molar-refractivity contribution in [1.29, 1.82) is 0 Å². The molecule has 210 valence electrons. The number of anilines is 1. The molecule has 1 saturated carbocycles. The molecule has 39 heavy (non-hydrogen) atoms. The fraction of sp³-hybridized carbons (Fsp3) is 0.500. The average molecular weight is 573 g/mol. The van der Waals surface area contributed by atoms with Crippen LogP contribution in [0.5, 0.6) is 5.75 Å². The predicted octanol–water partition coefficient (Wildman–Crippen LogP) is 5.25. The number of ether oxygens (including phenoxy) is 1. The number of aliphatic hydroxyl groups excluding tert-OH is 1. The van der Waals surface area contributed by atoms with E-state index in [0.29, 0.717) is 23.9 Å². The molecule has 1 fully saturated rings. The molecule has 2 heterocycles. The number of amides is 1. The lowest BCUT2D eigenvalue weighted by atomic mass is 9.58. The van der Waals surface area contributed by atoms with Gasteiger partial charge >= 0.3 is 0 Å². The number of allylic oxidation sites excluding steroid dienone is 1. The largest absolute Gasteiger partial charge is 0.487 e. The van der Waals surface area contributed by atoms with E-state index in [1.165, 1.54) is 5.56 Å². The first-order chi connectivity index (χ1) is 18.6. The van der Waals surface area contributed by atoms with Crippen LogP contribution in [0.1, 0.15) is 67.4 Å². The van der Waals surface area contributed by atoms with Crippen LogP contribution in [-0.2, 0) is 23.1 Å². The molecular weight excluding hydrogens is 536 g/mol. The molecule has 9 heteroatoms. The van der Waals surface area contributed by atoms with E-state index in [4.69, 9.17) is 16.3 Å². The summed E-state index contributed by atoms with van der Waals surface area (Å²) in [4.78, 5) is 15.4. The summed E-state index contributed by atoms with van der Waals surface area (Å²) in [5.41, 5.74) is 2.95. The van der Waals surface area contributed by atoms with E-state index in [2.05, 4.69) is 16.5 Å². The molecule has 2 aromatic rings. The smallest absolute Gasteiger partial charge is 0.264 e. The molecule has 0 radical (unpaired) electrons. The maximum atomic E-state index is 13.1. The molecule has 2 aliphatic heterocycles. The Morgan fingerprint density at radius 2 is 1.97 bits per heavy atom. The van der Waals surface area contributed by atoms with Crippen LogP contribution in [0, 0.1) is 11.3 Å². The molecule has 3 aliphatic rings. The lowest BCUT2D eigenvalue weighted by molar-refractivity contribution is -0.0466. The van der Waals surface area contributed by atoms with Gasteiger partial charge in [-0.3, -0.25) is 4.79 Å². The van der Waals surface area contributed by atoms with Crippen molar-refractivity contribution in [3.8, 4) is 5.75 Å². The molecule has 2 bridgehead atoms. The standard InChI is InChI=1S/C30H37ClN2O5S/c1-20-6-5-8-28(34)30(2)14-13-24(30)18-33-15-4-3-7-21-16-25(31)11-9-23(21)19-38-27-12-10-22(17-26(27)33)29(35)32-39(20,36)37/h5,8-12,16-17,20,24,28,34H,3-4,6-7,13-15,18-19H2,1-2H3,(H,32,35)/b8-5+/t20-,24-,28-,30+/m1/s1. The summed E-state index contributed by atoms with van der Waals surface area (Å²) in [5, 5.41) is 11.0. The number of aryl methyl sites for hydroxylation is 1. The topological polar surface area (TPSA) is 95.9 Å². The molecule has 5 rings (SSSR count). The number of carbonyl (C=O) groups excluding carboxylic acids is 1. The van der Waals surface area contributed by atoms with Gasteiger partial charge in [-0.2, -0.15) is 0 Å². The Hall–Kier alpha value is -2.55. The summed E-state index contributed by atoms with van der Waals surface area (Å²) in [6.07, 6.45) is 7.62. The summed E-state index contributed by atoms with van der Waals surface area (Å²) in [6, 6.07) is 11.0. The molecule has 7 nitrogen and oxygen atoms in total. The zero-order chi connectivity index (χ0) is 27.8. The highest BCUT2D eigenvalue weighted by Gasteiger charge is 2.47. The Balaban J connectivity index is 1.57. The molecule has 0 saturated heterocycles. The minimum Gasteiger partial charge on any atom is -0.487 e. The van der Waals surface area contributed by atoms with Crippen LogP contribution < -0.4 is 14.4 Å². The minimum absolute atomic E-state index is 0.206. The third-order valence-corrected chi connectivity index (χ3v) is 10.8. The van der Waals surface area contributed by atoms with Crippen LogP contribution in [0.15, 0.2) is 48.6 Å². The van der Waals surface area contributed by atoms with Crippen molar-refractivity contribution in [3.05, 3.63) is 70.3 Å². The molecule has 4 atom stereocenters. The van der Waals surface area contributed by atoms with Gasteiger partial charge < -0.3 is 14.7 Å². The van der Waals surface area contributed by atoms with Gasteiger partial charge in [0.05, 0.1) is 17.0 Å². The zero-order valence-corrected chi connectivity index (χ0v) is 24.1. The number of fused-ring (bicyclic) bond motifs is 3. The maximum absolute atomic E-state index is 13.1. The molecule has 1 aliphatic carbocycles. The fourth-order valence-corrected chi connectivity index (χ4v) is 7.01. The van der Waals surface area contributed by atoms with Gasteiger partial charge in [0.2, 0.25) is 10.0 Å². The lowest BCUT2D eigenvalue weighted by Crippen LogP contribution is -2.51. The van der Waals surface area contributed by atoms with Gasteiger partial charge in [0, 0.05) is 29.1 Å². The highest BCUT2D eigenvalue weighted by atomic mass is 35.5. The number of hydrogen-bond acceptors (Lipinski definition) is 6. The van der Waals surface area contributed by atoms with Crippen molar-refractivity contribution >= 4 is 33.2 Å². The van der Waals surface area contributed by atoms with E-state index < -0.39 is 27.3 Å². The summed E-state index contributed by atoms with van der Waals surface area (Å²) >= 11 is 6.29. The highest BCUT2D eigenvalue weighted by molar-refractivity contribution is 7.90. The van der Waals surface area contributed by atoms with Gasteiger partial charge in [-0.05, 0) is 92.8 Å². The third kappa shape index (κ3) is 5.83. The van der Waals surface area contributed by atoms with Crippen LogP contribution in [0.2, 0.25) is 5.02 Å². The molecule has 2 aromatic carbocycles. The van der Waals surface area contributed by atoms with Crippen molar-refractivity contribution in [2.24, 2.45) is 11.3 Å². The summed E-state index contributed by atoms with van der Waals surface area (Å²) in [7, 11) is -3.91. The van der Waals surface area contributed by atoms with Gasteiger partial charge in [0.25, 0.3) is 5.91 Å². The van der Waals surface area contributed by atoms with E-state index in [1.54, 1.807) is 37.3 Å². The van der Waals surface area contributed by atoms with Gasteiger partial charge in [0.15, 0.2) is 0 Å². The van der Waals surface area contributed by atoms with Gasteiger partial charge in [-0.1, -0.05) is 36.7 Å². The van der Waals surface area contributed by atoms with E-state index in [-0.39, 0.29) is 23.3 Å². The Kier molecular flexibility index (Phi) is 8.00. The summed E-state index contributed by atoms with van der Waals surface area (Å²) in [6.45, 7) is 5.48. The Morgan fingerprint density at radius 3 is 2.74 bits per heavy atom. The van der Waals surface area contributed by atoms with Crippen LogP contribution in [0.25, 0.3) is 0 Å². The molecular formula is C30H37ClN2O5S. The van der Waals surface area contributed by atoms with Crippen LogP contribution in [0.4, 0.5) is 5.69 Å².